The normalized spacial score (nSPS) is 12.6. The van der Waals surface area contributed by atoms with E-state index in [0.717, 1.165) is 21.9 Å². The molecule has 1 atom stereocenters. The van der Waals surface area contributed by atoms with E-state index in [0.29, 0.717) is 6.42 Å². The lowest BCUT2D eigenvalue weighted by Crippen LogP contribution is -2.01. The van der Waals surface area contributed by atoms with Crippen molar-refractivity contribution in [2.45, 2.75) is 25.9 Å². The summed E-state index contributed by atoms with van der Waals surface area (Å²) in [6, 6.07) is 7.15. The minimum absolute atomic E-state index is 0.280. The maximum atomic E-state index is 9.29. The van der Waals surface area contributed by atoms with Crippen molar-refractivity contribution < 1.29 is 10.2 Å². The summed E-state index contributed by atoms with van der Waals surface area (Å²) < 4.78 is 0. The molecule has 2 aromatic rings. The molecule has 1 heterocycles. The molecule has 2 N–H and O–H groups in total. The molecule has 2 rings (SSSR count). The molecule has 0 aliphatic rings. The maximum Gasteiger partial charge on any atom is 0.115 e. The molecule has 17 heavy (non-hydrogen) atoms. The van der Waals surface area contributed by atoms with Gasteiger partial charge in [0.15, 0.2) is 0 Å². The van der Waals surface area contributed by atoms with Gasteiger partial charge in [-0.05, 0) is 24.6 Å². The number of rotatable bonds is 4. The number of phenols is 1. The Hall–Kier alpha value is -1.39. The molecular formula is C13H15NO2S. The van der Waals surface area contributed by atoms with Gasteiger partial charge in [0, 0.05) is 23.9 Å². The largest absolute Gasteiger partial charge is 0.508 e. The molecule has 90 valence electrons. The fourth-order valence-electron chi connectivity index (χ4n) is 1.60. The average molecular weight is 249 g/mol. The summed E-state index contributed by atoms with van der Waals surface area (Å²) in [5, 5.41) is 19.5. The second-order valence-electron chi connectivity index (χ2n) is 4.12. The van der Waals surface area contributed by atoms with Gasteiger partial charge in [-0.25, -0.2) is 4.98 Å². The molecule has 1 aromatic carbocycles. The first-order valence-corrected chi connectivity index (χ1v) is 6.34. The van der Waals surface area contributed by atoms with Crippen LogP contribution in [0.5, 0.6) is 5.75 Å². The number of aliphatic hydroxyl groups excluding tert-OH is 1. The first kappa shape index (κ1) is 12.1. The first-order valence-electron chi connectivity index (χ1n) is 5.53. The summed E-state index contributed by atoms with van der Waals surface area (Å²) in [4.78, 5) is 5.44. The molecule has 0 radical (unpaired) electrons. The zero-order chi connectivity index (χ0) is 12.3. The average Bonchev–Trinajstić information content (AvgIpc) is 2.68. The molecular weight excluding hydrogens is 234 g/mol. The van der Waals surface area contributed by atoms with Crippen LogP contribution < -0.4 is 0 Å². The van der Waals surface area contributed by atoms with Gasteiger partial charge in [0.1, 0.15) is 5.75 Å². The Morgan fingerprint density at radius 2 is 2.00 bits per heavy atom. The smallest absolute Gasteiger partial charge is 0.115 e. The summed E-state index contributed by atoms with van der Waals surface area (Å²) >= 11 is 1.63. The molecule has 3 nitrogen and oxygen atoms in total. The van der Waals surface area contributed by atoms with Crippen molar-refractivity contribution in [3.63, 3.8) is 0 Å². The second-order valence-corrected chi connectivity index (χ2v) is 5.32. The number of hydrogen-bond donors (Lipinski definition) is 2. The van der Waals surface area contributed by atoms with Crippen LogP contribution in [-0.4, -0.2) is 21.3 Å². The molecule has 0 amide bonds. The summed E-state index contributed by atoms with van der Waals surface area (Å²) in [7, 11) is 0. The highest BCUT2D eigenvalue weighted by molar-refractivity contribution is 7.11. The lowest BCUT2D eigenvalue weighted by molar-refractivity contribution is 0.196. The molecule has 0 saturated heterocycles. The molecule has 0 bridgehead atoms. The summed E-state index contributed by atoms with van der Waals surface area (Å²) in [5.74, 6) is 0.280. The van der Waals surface area contributed by atoms with Gasteiger partial charge in [0.25, 0.3) is 0 Å². The number of phenolic OH excluding ortho intramolecular Hbond substituents is 1. The molecule has 1 aromatic heterocycles. The van der Waals surface area contributed by atoms with Gasteiger partial charge in [-0.1, -0.05) is 12.1 Å². The number of aromatic hydroxyl groups is 1. The van der Waals surface area contributed by atoms with Crippen molar-refractivity contribution in [3.05, 3.63) is 45.9 Å². The highest BCUT2D eigenvalue weighted by Gasteiger charge is 2.05. The topological polar surface area (TPSA) is 53.4 Å². The Labute approximate surface area is 104 Å². The van der Waals surface area contributed by atoms with Gasteiger partial charge >= 0.3 is 0 Å². The van der Waals surface area contributed by atoms with Crippen LogP contribution in [0.2, 0.25) is 0 Å². The maximum absolute atomic E-state index is 9.29. The first-order chi connectivity index (χ1) is 8.13. The Balaban J connectivity index is 2.03. The molecule has 1 unspecified atom stereocenters. The number of thiazole rings is 1. The number of aliphatic hydroxyl groups is 1. The highest BCUT2D eigenvalue weighted by atomic mass is 32.1. The van der Waals surface area contributed by atoms with Crippen molar-refractivity contribution in [2.75, 3.05) is 0 Å². The van der Waals surface area contributed by atoms with E-state index >= 15 is 0 Å². The zero-order valence-electron chi connectivity index (χ0n) is 9.63. The fraction of sp³-hybridized carbons (Fsp3) is 0.308. The third kappa shape index (κ3) is 3.54. The Kier molecular flexibility index (Phi) is 3.76. The Bertz CT molecular complexity index is 476. The van der Waals surface area contributed by atoms with Crippen molar-refractivity contribution in [3.8, 4) is 5.75 Å². The van der Waals surface area contributed by atoms with Crippen LogP contribution in [0.3, 0.4) is 0 Å². The fourth-order valence-corrected chi connectivity index (χ4v) is 2.68. The zero-order valence-corrected chi connectivity index (χ0v) is 10.4. The third-order valence-corrected chi connectivity index (χ3v) is 3.41. The van der Waals surface area contributed by atoms with E-state index in [1.54, 1.807) is 30.4 Å². The number of nitrogens with zero attached hydrogens (tertiary/aromatic N) is 1. The van der Waals surface area contributed by atoms with Crippen molar-refractivity contribution >= 4 is 11.3 Å². The van der Waals surface area contributed by atoms with Crippen LogP contribution in [0.1, 0.15) is 22.4 Å². The molecule has 4 heteroatoms. The van der Waals surface area contributed by atoms with Gasteiger partial charge in [0.05, 0.1) is 11.1 Å². The SMILES string of the molecule is CC(O)Cc1cnc(Cc2ccc(O)cc2)s1. The van der Waals surface area contributed by atoms with E-state index in [-0.39, 0.29) is 11.9 Å². The van der Waals surface area contributed by atoms with E-state index in [1.807, 2.05) is 18.3 Å². The van der Waals surface area contributed by atoms with Crippen molar-refractivity contribution in [1.82, 2.24) is 4.98 Å². The van der Waals surface area contributed by atoms with Crippen molar-refractivity contribution in [1.29, 1.82) is 0 Å². The molecule has 0 saturated carbocycles. The third-order valence-electron chi connectivity index (χ3n) is 2.39. The lowest BCUT2D eigenvalue weighted by atomic mass is 10.1. The van der Waals surface area contributed by atoms with Crippen LogP contribution >= 0.6 is 11.3 Å². The van der Waals surface area contributed by atoms with Crippen molar-refractivity contribution in [2.24, 2.45) is 0 Å². The predicted molar refractivity (Wildman–Crippen MR) is 68.4 cm³/mol. The van der Waals surface area contributed by atoms with E-state index in [2.05, 4.69) is 4.98 Å². The minimum atomic E-state index is -0.322. The second kappa shape index (κ2) is 5.29. The van der Waals surface area contributed by atoms with Gasteiger partial charge in [-0.15, -0.1) is 11.3 Å². The molecule has 0 fully saturated rings. The highest BCUT2D eigenvalue weighted by Crippen LogP contribution is 2.19. The molecule has 0 aliphatic heterocycles. The van der Waals surface area contributed by atoms with E-state index in [4.69, 9.17) is 0 Å². The quantitative estimate of drug-likeness (QED) is 0.874. The van der Waals surface area contributed by atoms with Crippen LogP contribution in [-0.2, 0) is 12.8 Å². The van der Waals surface area contributed by atoms with E-state index < -0.39 is 0 Å². The molecule has 0 spiro atoms. The monoisotopic (exact) mass is 249 g/mol. The van der Waals surface area contributed by atoms with Gasteiger partial charge in [0.2, 0.25) is 0 Å². The molecule has 0 aliphatic carbocycles. The van der Waals surface area contributed by atoms with Crippen LogP contribution in [0.15, 0.2) is 30.5 Å². The standard InChI is InChI=1S/C13H15NO2S/c1-9(15)6-12-8-14-13(17-12)7-10-2-4-11(16)5-3-10/h2-5,8-9,15-16H,6-7H2,1H3. The number of aromatic nitrogens is 1. The summed E-state index contributed by atoms with van der Waals surface area (Å²) in [5.41, 5.74) is 1.13. The Morgan fingerprint density at radius 1 is 1.29 bits per heavy atom. The van der Waals surface area contributed by atoms with Crippen LogP contribution in [0.25, 0.3) is 0 Å². The number of benzene rings is 1. The van der Waals surface area contributed by atoms with Gasteiger partial charge in [-0.3, -0.25) is 0 Å². The summed E-state index contributed by atoms with van der Waals surface area (Å²) in [6.45, 7) is 1.78. The van der Waals surface area contributed by atoms with Crippen LogP contribution in [0.4, 0.5) is 0 Å². The lowest BCUT2D eigenvalue weighted by Gasteiger charge is -1.99. The van der Waals surface area contributed by atoms with E-state index in [9.17, 15) is 10.2 Å². The van der Waals surface area contributed by atoms with Crippen LogP contribution in [0, 0.1) is 0 Å². The predicted octanol–water partition coefficient (Wildman–Crippen LogP) is 2.36. The Morgan fingerprint density at radius 3 is 2.65 bits per heavy atom. The number of hydrogen-bond acceptors (Lipinski definition) is 4. The van der Waals surface area contributed by atoms with Gasteiger partial charge in [-0.2, -0.15) is 0 Å². The van der Waals surface area contributed by atoms with Gasteiger partial charge < -0.3 is 10.2 Å². The van der Waals surface area contributed by atoms with E-state index in [1.165, 1.54) is 0 Å². The summed E-state index contributed by atoms with van der Waals surface area (Å²) in [6.07, 6.45) is 2.93. The minimum Gasteiger partial charge on any atom is -0.508 e.